The summed E-state index contributed by atoms with van der Waals surface area (Å²) in [5, 5.41) is 0. The van der Waals surface area contributed by atoms with Crippen molar-refractivity contribution in [2.45, 2.75) is 27.2 Å². The van der Waals surface area contributed by atoms with Crippen LogP contribution in [0.15, 0.2) is 53.5 Å². The van der Waals surface area contributed by atoms with E-state index in [1.54, 1.807) is 29.8 Å². The van der Waals surface area contributed by atoms with E-state index >= 15 is 0 Å². The van der Waals surface area contributed by atoms with E-state index in [1.165, 1.54) is 6.07 Å². The molecule has 0 unspecified atom stereocenters. The van der Waals surface area contributed by atoms with Crippen molar-refractivity contribution in [3.63, 3.8) is 0 Å². The van der Waals surface area contributed by atoms with Crippen molar-refractivity contribution in [3.05, 3.63) is 75.7 Å². The molecule has 1 aromatic carbocycles. The highest BCUT2D eigenvalue weighted by Gasteiger charge is 2.27. The number of allylic oxidation sites excluding steroid dienone is 1. The van der Waals surface area contributed by atoms with Crippen LogP contribution < -0.4 is 5.56 Å². The molecule has 0 saturated carbocycles. The number of aromatic nitrogens is 1. The minimum atomic E-state index is -0.343. The van der Waals surface area contributed by atoms with Gasteiger partial charge in [0.05, 0.1) is 17.9 Å². The van der Waals surface area contributed by atoms with Crippen LogP contribution in [-0.4, -0.2) is 17.1 Å². The van der Waals surface area contributed by atoms with Crippen molar-refractivity contribution in [1.82, 2.24) is 4.57 Å². The Kier molecular flexibility index (Phi) is 4.14. The summed E-state index contributed by atoms with van der Waals surface area (Å²) in [5.41, 5.74) is 3.20. The van der Waals surface area contributed by atoms with Crippen LogP contribution in [0.25, 0.3) is 5.70 Å². The number of hydrogen-bond donors (Lipinski definition) is 0. The zero-order valence-electron chi connectivity index (χ0n) is 14.2. The molecule has 0 fully saturated rings. The van der Waals surface area contributed by atoms with E-state index in [2.05, 4.69) is 19.9 Å². The number of esters is 1. The molecule has 4 nitrogen and oxygen atoms in total. The van der Waals surface area contributed by atoms with Gasteiger partial charge in [-0.2, -0.15) is 0 Å². The first-order chi connectivity index (χ1) is 11.4. The van der Waals surface area contributed by atoms with E-state index in [-0.39, 0.29) is 16.9 Å². The Morgan fingerprint density at radius 2 is 2.04 bits per heavy atom. The fraction of sp³-hybridized carbons (Fsp3) is 0.300. The van der Waals surface area contributed by atoms with Gasteiger partial charge in [-0.3, -0.25) is 9.36 Å². The third kappa shape index (κ3) is 3.04. The quantitative estimate of drug-likeness (QED) is 0.812. The molecule has 1 aliphatic carbocycles. The van der Waals surface area contributed by atoms with Gasteiger partial charge in [-0.25, -0.2) is 4.79 Å². The number of ether oxygens (including phenoxy) is 1. The topological polar surface area (TPSA) is 48.3 Å². The predicted molar refractivity (Wildman–Crippen MR) is 94.0 cm³/mol. The molecule has 0 bridgehead atoms. The molecule has 0 atom stereocenters. The van der Waals surface area contributed by atoms with Gasteiger partial charge in [0.15, 0.2) is 0 Å². The molecule has 0 saturated heterocycles. The second kappa shape index (κ2) is 6.11. The van der Waals surface area contributed by atoms with Crippen LogP contribution in [0.1, 0.15) is 42.3 Å². The highest BCUT2D eigenvalue weighted by atomic mass is 16.5. The van der Waals surface area contributed by atoms with Crippen molar-refractivity contribution in [1.29, 1.82) is 0 Å². The van der Waals surface area contributed by atoms with Gasteiger partial charge >= 0.3 is 5.97 Å². The van der Waals surface area contributed by atoms with Crippen molar-refractivity contribution < 1.29 is 9.53 Å². The monoisotopic (exact) mass is 323 g/mol. The smallest absolute Gasteiger partial charge is 0.338 e. The van der Waals surface area contributed by atoms with Gasteiger partial charge in [0.1, 0.15) is 0 Å². The normalized spacial score (nSPS) is 15.4. The van der Waals surface area contributed by atoms with Crippen LogP contribution >= 0.6 is 0 Å². The van der Waals surface area contributed by atoms with Crippen molar-refractivity contribution >= 4 is 11.7 Å². The van der Waals surface area contributed by atoms with Gasteiger partial charge in [0.25, 0.3) is 5.56 Å². The lowest BCUT2D eigenvalue weighted by atomic mass is 9.77. The maximum absolute atomic E-state index is 12.3. The van der Waals surface area contributed by atoms with Gasteiger partial charge in [-0.1, -0.05) is 32.1 Å². The highest BCUT2D eigenvalue weighted by molar-refractivity contribution is 5.91. The molecular weight excluding hydrogens is 302 g/mol. The third-order valence-electron chi connectivity index (χ3n) is 4.15. The summed E-state index contributed by atoms with van der Waals surface area (Å²) in [6.07, 6.45) is 4.72. The zero-order valence-corrected chi connectivity index (χ0v) is 14.2. The molecule has 0 spiro atoms. The molecule has 2 aromatic rings. The summed E-state index contributed by atoms with van der Waals surface area (Å²) >= 11 is 0. The Balaban J connectivity index is 2.18. The molecule has 1 heterocycles. The first-order valence-electron chi connectivity index (χ1n) is 8.12. The minimum Gasteiger partial charge on any atom is -0.462 e. The van der Waals surface area contributed by atoms with Gasteiger partial charge in [-0.05, 0) is 42.5 Å². The first kappa shape index (κ1) is 16.2. The van der Waals surface area contributed by atoms with E-state index in [0.717, 1.165) is 23.2 Å². The van der Waals surface area contributed by atoms with E-state index in [4.69, 9.17) is 4.74 Å². The Morgan fingerprint density at radius 3 is 2.75 bits per heavy atom. The number of pyridine rings is 1. The highest BCUT2D eigenvalue weighted by Crippen LogP contribution is 2.37. The molecule has 0 N–H and O–H groups in total. The van der Waals surface area contributed by atoms with Gasteiger partial charge in [0.2, 0.25) is 0 Å². The van der Waals surface area contributed by atoms with Crippen molar-refractivity contribution in [3.8, 4) is 0 Å². The molecule has 24 heavy (non-hydrogen) atoms. The lowest BCUT2D eigenvalue weighted by Gasteiger charge is -2.30. The Hall–Kier alpha value is -2.62. The summed E-state index contributed by atoms with van der Waals surface area (Å²) in [5.74, 6) is -0.343. The molecule has 124 valence electrons. The summed E-state index contributed by atoms with van der Waals surface area (Å²) in [4.78, 5) is 24.3. The Bertz CT molecular complexity index is 874. The van der Waals surface area contributed by atoms with E-state index < -0.39 is 0 Å². The fourth-order valence-corrected chi connectivity index (χ4v) is 3.13. The third-order valence-corrected chi connectivity index (χ3v) is 4.15. The first-order valence-corrected chi connectivity index (χ1v) is 8.12. The number of carbonyl (C=O) groups excluding carboxylic acids is 1. The van der Waals surface area contributed by atoms with Crippen molar-refractivity contribution in [2.75, 3.05) is 6.61 Å². The largest absolute Gasteiger partial charge is 0.462 e. The van der Waals surface area contributed by atoms with E-state index in [0.29, 0.717) is 12.2 Å². The average Bonchev–Trinajstić information content (AvgIpc) is 2.53. The number of nitrogens with zero attached hydrogens (tertiary/aromatic N) is 1. The number of fused-ring (bicyclic) bond motifs is 1. The average molecular weight is 323 g/mol. The SMILES string of the molecule is CCOC(=O)c1ccc2c(c1)C(n1ccccc1=O)=CC(C)(C)C2. The molecule has 0 radical (unpaired) electrons. The summed E-state index contributed by atoms with van der Waals surface area (Å²) in [6.45, 7) is 6.41. The second-order valence-corrected chi connectivity index (χ2v) is 6.70. The van der Waals surface area contributed by atoms with Gasteiger partial charge in [0, 0.05) is 17.8 Å². The van der Waals surface area contributed by atoms with Crippen molar-refractivity contribution in [2.24, 2.45) is 5.41 Å². The molecule has 4 heteroatoms. The Labute approximate surface area is 141 Å². The molecule has 1 aromatic heterocycles. The standard InChI is InChI=1S/C20H21NO3/c1-4-24-19(23)14-8-9-15-12-20(2,3)13-17(16(15)11-14)21-10-6-5-7-18(21)22/h5-11,13H,4,12H2,1-3H3. The van der Waals surface area contributed by atoms with Gasteiger partial charge in [-0.15, -0.1) is 0 Å². The van der Waals surface area contributed by atoms with Crippen LogP contribution in [0.4, 0.5) is 0 Å². The maximum atomic E-state index is 12.3. The predicted octanol–water partition coefficient (Wildman–Crippen LogP) is 3.50. The number of rotatable bonds is 3. The van der Waals surface area contributed by atoms with Gasteiger partial charge < -0.3 is 4.74 Å². The summed E-state index contributed by atoms with van der Waals surface area (Å²) in [6, 6.07) is 10.7. The van der Waals surface area contributed by atoms with Crippen LogP contribution in [0.3, 0.4) is 0 Å². The summed E-state index contributed by atoms with van der Waals surface area (Å²) in [7, 11) is 0. The number of benzene rings is 1. The molecule has 0 aliphatic heterocycles. The lowest BCUT2D eigenvalue weighted by Crippen LogP contribution is -2.25. The molecule has 1 aliphatic rings. The van der Waals surface area contributed by atoms with Crippen LogP contribution in [0, 0.1) is 5.41 Å². The summed E-state index contributed by atoms with van der Waals surface area (Å²) < 4.78 is 6.73. The molecule has 0 amide bonds. The molecular formula is C20H21NO3. The van der Waals surface area contributed by atoms with E-state index in [9.17, 15) is 9.59 Å². The zero-order chi connectivity index (χ0) is 17.3. The van der Waals surface area contributed by atoms with Crippen LogP contribution in [0.2, 0.25) is 0 Å². The fourth-order valence-electron chi connectivity index (χ4n) is 3.13. The van der Waals surface area contributed by atoms with Crippen LogP contribution in [0.5, 0.6) is 0 Å². The minimum absolute atomic E-state index is 0.0664. The lowest BCUT2D eigenvalue weighted by molar-refractivity contribution is 0.0526. The Morgan fingerprint density at radius 1 is 1.25 bits per heavy atom. The van der Waals surface area contributed by atoms with E-state index in [1.807, 2.05) is 18.2 Å². The van der Waals surface area contributed by atoms with Crippen LogP contribution in [-0.2, 0) is 11.2 Å². The number of hydrogen-bond acceptors (Lipinski definition) is 3. The second-order valence-electron chi connectivity index (χ2n) is 6.70. The molecule has 3 rings (SSSR count). The number of carbonyl (C=O) groups is 1. The maximum Gasteiger partial charge on any atom is 0.338 e.